The van der Waals surface area contributed by atoms with E-state index < -0.39 is 0 Å². The van der Waals surface area contributed by atoms with Crippen LogP contribution < -0.4 is 5.32 Å². The van der Waals surface area contributed by atoms with Crippen LogP contribution in [0.5, 0.6) is 0 Å². The summed E-state index contributed by atoms with van der Waals surface area (Å²) in [6.07, 6.45) is 2.20. The number of nitrogens with one attached hydrogen (secondary N) is 1. The molecule has 0 fully saturated rings. The van der Waals surface area contributed by atoms with Gasteiger partial charge in [0.05, 0.1) is 0 Å². The molecule has 1 nitrogen and oxygen atoms in total. The number of rotatable bonds is 4. The van der Waals surface area contributed by atoms with Crippen LogP contribution in [0.25, 0.3) is 0 Å². The Morgan fingerprint density at radius 3 is 2.41 bits per heavy atom. The van der Waals surface area contributed by atoms with Crippen molar-refractivity contribution in [3.8, 4) is 0 Å². The third kappa shape index (κ3) is 4.87. The Morgan fingerprint density at radius 2 is 1.88 bits per heavy atom. The number of hydrogen-bond acceptors (Lipinski definition) is 1. The first kappa shape index (κ1) is 14.8. The zero-order valence-corrected chi connectivity index (χ0v) is 12.5. The number of benzene rings is 1. The maximum Gasteiger partial charge on any atom is 0.0454 e. The predicted molar refractivity (Wildman–Crippen MR) is 77.0 cm³/mol. The topological polar surface area (TPSA) is 12.0 Å². The highest BCUT2D eigenvalue weighted by Crippen LogP contribution is 2.32. The summed E-state index contributed by atoms with van der Waals surface area (Å²) in [5, 5.41) is 4.83. The quantitative estimate of drug-likeness (QED) is 0.807. The van der Waals surface area contributed by atoms with Crippen molar-refractivity contribution in [3.05, 3.63) is 33.8 Å². The van der Waals surface area contributed by atoms with Gasteiger partial charge in [-0.25, -0.2) is 0 Å². The summed E-state index contributed by atoms with van der Waals surface area (Å²) in [4.78, 5) is 0. The fourth-order valence-electron chi connectivity index (χ4n) is 1.81. The number of hydrogen-bond donors (Lipinski definition) is 1. The normalized spacial score (nSPS) is 13.8. The van der Waals surface area contributed by atoms with Gasteiger partial charge in [-0.2, -0.15) is 0 Å². The maximum atomic E-state index is 6.22. The minimum absolute atomic E-state index is 0.264. The molecule has 1 N–H and O–H groups in total. The van der Waals surface area contributed by atoms with Crippen molar-refractivity contribution in [2.75, 3.05) is 7.05 Å². The minimum Gasteiger partial charge on any atom is -0.313 e. The van der Waals surface area contributed by atoms with Gasteiger partial charge in [0.1, 0.15) is 0 Å². The fraction of sp³-hybridized carbons (Fsp3) is 0.571. The SMILES string of the molecule is CNC(CCC(C)(C)C)c1cc(Cl)ccc1Cl. The lowest BCUT2D eigenvalue weighted by atomic mass is 9.87. The third-order valence-electron chi connectivity index (χ3n) is 2.86. The van der Waals surface area contributed by atoms with Crippen LogP contribution in [-0.4, -0.2) is 7.05 Å². The Labute approximate surface area is 115 Å². The number of halogens is 2. The van der Waals surface area contributed by atoms with Gasteiger partial charge in [0.2, 0.25) is 0 Å². The van der Waals surface area contributed by atoms with Crippen LogP contribution >= 0.6 is 23.2 Å². The van der Waals surface area contributed by atoms with Crippen LogP contribution in [-0.2, 0) is 0 Å². The molecule has 0 heterocycles. The maximum absolute atomic E-state index is 6.22. The first-order chi connectivity index (χ1) is 7.83. The highest BCUT2D eigenvalue weighted by molar-refractivity contribution is 6.33. The monoisotopic (exact) mass is 273 g/mol. The summed E-state index contributed by atoms with van der Waals surface area (Å²) in [6.45, 7) is 6.75. The Kier molecular flexibility index (Phi) is 5.30. The van der Waals surface area contributed by atoms with E-state index in [4.69, 9.17) is 23.2 Å². The average Bonchev–Trinajstić information content (AvgIpc) is 2.22. The average molecular weight is 274 g/mol. The van der Waals surface area contributed by atoms with E-state index in [1.165, 1.54) is 0 Å². The van der Waals surface area contributed by atoms with Gasteiger partial charge < -0.3 is 5.32 Å². The van der Waals surface area contributed by atoms with Gasteiger partial charge in [-0.05, 0) is 49.1 Å². The second-order valence-corrected chi connectivity index (χ2v) is 6.45. The second kappa shape index (κ2) is 6.08. The molecule has 0 bridgehead atoms. The Morgan fingerprint density at radius 1 is 1.24 bits per heavy atom. The summed E-state index contributed by atoms with van der Waals surface area (Å²) in [7, 11) is 1.96. The molecule has 0 amide bonds. The predicted octanol–water partition coefficient (Wildman–Crippen LogP) is 5.08. The van der Waals surface area contributed by atoms with Crippen molar-refractivity contribution in [2.45, 2.75) is 39.7 Å². The van der Waals surface area contributed by atoms with Crippen molar-refractivity contribution in [2.24, 2.45) is 5.41 Å². The second-order valence-electron chi connectivity index (χ2n) is 5.61. The molecule has 0 aliphatic rings. The van der Waals surface area contributed by atoms with Gasteiger partial charge in [0, 0.05) is 16.1 Å². The van der Waals surface area contributed by atoms with Gasteiger partial charge in [0.15, 0.2) is 0 Å². The van der Waals surface area contributed by atoms with Crippen molar-refractivity contribution in [1.29, 1.82) is 0 Å². The molecular formula is C14H21Cl2N. The summed E-state index contributed by atoms with van der Waals surface area (Å²) in [5.74, 6) is 0. The Bertz CT molecular complexity index is 369. The molecule has 0 aromatic heterocycles. The van der Waals surface area contributed by atoms with Crippen LogP contribution in [0.3, 0.4) is 0 Å². The molecule has 1 aromatic rings. The summed E-state index contributed by atoms with van der Waals surface area (Å²) < 4.78 is 0. The smallest absolute Gasteiger partial charge is 0.0454 e. The van der Waals surface area contributed by atoms with E-state index in [0.717, 1.165) is 28.5 Å². The lowest BCUT2D eigenvalue weighted by Gasteiger charge is -2.24. The molecule has 1 aromatic carbocycles. The summed E-state index contributed by atoms with van der Waals surface area (Å²) in [6, 6.07) is 5.90. The Hall–Kier alpha value is -0.240. The van der Waals surface area contributed by atoms with Gasteiger partial charge >= 0.3 is 0 Å². The molecule has 96 valence electrons. The van der Waals surface area contributed by atoms with E-state index in [1.54, 1.807) is 0 Å². The van der Waals surface area contributed by atoms with Crippen LogP contribution in [0, 0.1) is 5.41 Å². The van der Waals surface area contributed by atoms with Crippen LogP contribution in [0.1, 0.15) is 45.2 Å². The molecule has 3 heteroatoms. The molecule has 17 heavy (non-hydrogen) atoms. The van der Waals surface area contributed by atoms with Crippen molar-refractivity contribution in [3.63, 3.8) is 0 Å². The fourth-order valence-corrected chi connectivity index (χ4v) is 2.24. The van der Waals surface area contributed by atoms with Gasteiger partial charge in [-0.1, -0.05) is 44.0 Å². The molecular weight excluding hydrogens is 253 g/mol. The molecule has 0 aliphatic heterocycles. The first-order valence-electron chi connectivity index (χ1n) is 5.96. The van der Waals surface area contributed by atoms with E-state index in [0.29, 0.717) is 5.41 Å². The van der Waals surface area contributed by atoms with E-state index in [9.17, 15) is 0 Å². The van der Waals surface area contributed by atoms with E-state index in [1.807, 2.05) is 25.2 Å². The van der Waals surface area contributed by atoms with E-state index in [-0.39, 0.29) is 6.04 Å². The van der Waals surface area contributed by atoms with Crippen LogP contribution in [0.15, 0.2) is 18.2 Å². The first-order valence-corrected chi connectivity index (χ1v) is 6.71. The lowest BCUT2D eigenvalue weighted by Crippen LogP contribution is -2.19. The third-order valence-corrected chi connectivity index (χ3v) is 3.44. The molecule has 1 unspecified atom stereocenters. The minimum atomic E-state index is 0.264. The molecule has 0 aliphatic carbocycles. The summed E-state index contributed by atoms with van der Waals surface area (Å²) in [5.41, 5.74) is 1.42. The largest absolute Gasteiger partial charge is 0.313 e. The highest BCUT2D eigenvalue weighted by Gasteiger charge is 2.17. The Balaban J connectivity index is 2.82. The molecule has 1 atom stereocenters. The van der Waals surface area contributed by atoms with E-state index >= 15 is 0 Å². The van der Waals surface area contributed by atoms with Crippen molar-refractivity contribution >= 4 is 23.2 Å². The molecule has 0 saturated heterocycles. The van der Waals surface area contributed by atoms with Gasteiger partial charge in [-0.3, -0.25) is 0 Å². The van der Waals surface area contributed by atoms with Crippen LogP contribution in [0.2, 0.25) is 10.0 Å². The van der Waals surface area contributed by atoms with Gasteiger partial charge in [-0.15, -0.1) is 0 Å². The zero-order chi connectivity index (χ0) is 13.1. The molecule has 1 rings (SSSR count). The van der Waals surface area contributed by atoms with Crippen molar-refractivity contribution < 1.29 is 0 Å². The molecule has 0 saturated carbocycles. The molecule has 0 radical (unpaired) electrons. The van der Waals surface area contributed by atoms with Crippen molar-refractivity contribution in [1.82, 2.24) is 5.32 Å². The zero-order valence-electron chi connectivity index (χ0n) is 11.0. The van der Waals surface area contributed by atoms with Gasteiger partial charge in [0.25, 0.3) is 0 Å². The standard InChI is InChI=1S/C14H21Cl2N/c1-14(2,3)8-7-13(17-4)11-9-10(15)5-6-12(11)16/h5-6,9,13,17H,7-8H2,1-4H3. The van der Waals surface area contributed by atoms with E-state index in [2.05, 4.69) is 26.1 Å². The van der Waals surface area contributed by atoms with Crippen LogP contribution in [0.4, 0.5) is 0 Å². The molecule has 0 spiro atoms. The highest BCUT2D eigenvalue weighted by atomic mass is 35.5. The summed E-state index contributed by atoms with van der Waals surface area (Å²) >= 11 is 12.2. The lowest BCUT2D eigenvalue weighted by molar-refractivity contribution is 0.338.